The topological polar surface area (TPSA) is 63.5 Å². The zero-order valence-electron chi connectivity index (χ0n) is 16.3. The lowest BCUT2D eigenvalue weighted by molar-refractivity contribution is -0.116. The van der Waals surface area contributed by atoms with Crippen molar-refractivity contribution in [3.8, 4) is 0 Å². The maximum Gasteiger partial charge on any atom is 0.281 e. The molecule has 29 heavy (non-hydrogen) atoms. The predicted molar refractivity (Wildman–Crippen MR) is 114 cm³/mol. The van der Waals surface area contributed by atoms with E-state index in [4.69, 9.17) is 0 Å². The zero-order valence-corrected chi connectivity index (χ0v) is 16.3. The van der Waals surface area contributed by atoms with Crippen molar-refractivity contribution < 1.29 is 4.79 Å². The highest BCUT2D eigenvalue weighted by atomic mass is 16.2. The number of carbonyl (C=O) groups excluding carboxylic acids is 1. The minimum Gasteiger partial charge on any atom is -0.319 e. The number of nitrogens with zero attached hydrogens (tertiary/aromatic N) is 2. The molecule has 1 amide bonds. The number of pyridine rings is 1. The highest BCUT2D eigenvalue weighted by Crippen LogP contribution is 2.26. The van der Waals surface area contributed by atoms with E-state index in [2.05, 4.69) is 10.3 Å². The first-order valence-corrected chi connectivity index (χ1v) is 9.45. The average Bonchev–Trinajstić information content (AvgIpc) is 2.72. The number of aromatic nitrogens is 2. The van der Waals surface area contributed by atoms with Crippen LogP contribution >= 0.6 is 0 Å². The molecule has 0 aliphatic rings. The van der Waals surface area contributed by atoms with Gasteiger partial charge in [0.05, 0.1) is 11.6 Å². The third-order valence-electron chi connectivity index (χ3n) is 4.94. The van der Waals surface area contributed by atoms with Crippen LogP contribution in [0.4, 0.5) is 5.69 Å². The summed E-state index contributed by atoms with van der Waals surface area (Å²) in [5.74, 6) is -0.800. The standard InChI is InChI=1S/C24H21N3O2/c1-16-13-14-27-20(15-16)25-17(2)22(24(27)29)26-23(28)21(18-9-5-3-6-10-18)19-11-7-4-8-12-19/h3-15,21H,1-2H3,(H,26,28). The summed E-state index contributed by atoms with van der Waals surface area (Å²) < 4.78 is 1.45. The molecule has 0 atom stereocenters. The van der Waals surface area contributed by atoms with Crippen molar-refractivity contribution in [3.05, 3.63) is 112 Å². The van der Waals surface area contributed by atoms with Crippen molar-refractivity contribution in [2.45, 2.75) is 19.8 Å². The molecule has 0 fully saturated rings. The molecular weight excluding hydrogens is 362 g/mol. The van der Waals surface area contributed by atoms with Crippen molar-refractivity contribution in [1.29, 1.82) is 0 Å². The molecule has 2 aromatic carbocycles. The number of benzene rings is 2. The summed E-state index contributed by atoms with van der Waals surface area (Å²) in [7, 11) is 0. The van der Waals surface area contributed by atoms with Crippen LogP contribution in [0.1, 0.15) is 28.3 Å². The SMILES string of the molecule is Cc1ccn2c(=O)c(NC(=O)C(c3ccccc3)c3ccccc3)c(C)nc2c1. The van der Waals surface area contributed by atoms with Gasteiger partial charge in [-0.1, -0.05) is 60.7 Å². The molecule has 5 heteroatoms. The summed E-state index contributed by atoms with van der Waals surface area (Å²) >= 11 is 0. The highest BCUT2D eigenvalue weighted by Gasteiger charge is 2.24. The fourth-order valence-corrected chi connectivity index (χ4v) is 3.48. The van der Waals surface area contributed by atoms with Crippen LogP contribution in [0.15, 0.2) is 83.8 Å². The second-order valence-corrected chi connectivity index (χ2v) is 7.05. The Morgan fingerprint density at radius 1 is 0.931 bits per heavy atom. The number of nitrogens with one attached hydrogen (secondary N) is 1. The molecule has 2 heterocycles. The molecule has 5 nitrogen and oxygen atoms in total. The maximum atomic E-state index is 13.3. The van der Waals surface area contributed by atoms with Crippen molar-refractivity contribution in [1.82, 2.24) is 9.38 Å². The van der Waals surface area contributed by atoms with E-state index in [1.165, 1.54) is 4.40 Å². The van der Waals surface area contributed by atoms with Gasteiger partial charge in [0.15, 0.2) is 0 Å². The van der Waals surface area contributed by atoms with Crippen LogP contribution < -0.4 is 10.9 Å². The number of fused-ring (bicyclic) bond motifs is 1. The van der Waals surface area contributed by atoms with Gasteiger partial charge in [-0.05, 0) is 42.7 Å². The summed E-state index contributed by atoms with van der Waals surface area (Å²) in [5, 5.41) is 2.85. The molecule has 0 aliphatic heterocycles. The summed E-state index contributed by atoms with van der Waals surface area (Å²) in [6, 6.07) is 22.8. The van der Waals surface area contributed by atoms with E-state index in [1.807, 2.05) is 79.7 Å². The number of rotatable bonds is 4. The molecule has 144 valence electrons. The van der Waals surface area contributed by atoms with E-state index in [-0.39, 0.29) is 17.2 Å². The number of carbonyl (C=O) groups is 1. The Morgan fingerprint density at radius 3 is 2.10 bits per heavy atom. The smallest absolute Gasteiger partial charge is 0.281 e. The van der Waals surface area contributed by atoms with Crippen molar-refractivity contribution in [3.63, 3.8) is 0 Å². The Bertz CT molecular complexity index is 1190. The molecule has 4 rings (SSSR count). The van der Waals surface area contributed by atoms with Crippen LogP contribution in [0.2, 0.25) is 0 Å². The average molecular weight is 383 g/mol. The largest absolute Gasteiger partial charge is 0.319 e. The molecule has 0 unspecified atom stereocenters. The van der Waals surface area contributed by atoms with Crippen LogP contribution in [-0.2, 0) is 4.79 Å². The van der Waals surface area contributed by atoms with Gasteiger partial charge >= 0.3 is 0 Å². The van der Waals surface area contributed by atoms with Crippen LogP contribution in [0, 0.1) is 13.8 Å². The molecule has 0 radical (unpaired) electrons. The zero-order chi connectivity index (χ0) is 20.4. The maximum absolute atomic E-state index is 13.3. The Labute approximate surface area is 168 Å². The summed E-state index contributed by atoms with van der Waals surface area (Å²) in [6.45, 7) is 3.68. The van der Waals surface area contributed by atoms with Crippen molar-refractivity contribution >= 4 is 17.2 Å². The van der Waals surface area contributed by atoms with E-state index in [0.717, 1.165) is 16.7 Å². The van der Waals surface area contributed by atoms with Gasteiger partial charge in [-0.3, -0.25) is 14.0 Å². The molecule has 1 N–H and O–H groups in total. The first kappa shape index (κ1) is 18.6. The highest BCUT2D eigenvalue weighted by molar-refractivity contribution is 5.98. The number of amides is 1. The molecule has 4 aromatic rings. The Hall–Kier alpha value is -3.73. The molecule has 0 spiro atoms. The number of hydrogen-bond acceptors (Lipinski definition) is 3. The van der Waals surface area contributed by atoms with Gasteiger partial charge in [0.2, 0.25) is 5.91 Å². The third kappa shape index (κ3) is 3.67. The van der Waals surface area contributed by atoms with Gasteiger partial charge in [-0.25, -0.2) is 4.98 Å². The first-order valence-electron chi connectivity index (χ1n) is 9.45. The van der Waals surface area contributed by atoms with E-state index in [1.54, 1.807) is 13.1 Å². The number of aryl methyl sites for hydroxylation is 2. The van der Waals surface area contributed by atoms with Gasteiger partial charge in [-0.2, -0.15) is 0 Å². The van der Waals surface area contributed by atoms with Gasteiger partial charge in [0.25, 0.3) is 5.56 Å². The monoisotopic (exact) mass is 383 g/mol. The lowest BCUT2D eigenvalue weighted by Gasteiger charge is -2.18. The summed E-state index contributed by atoms with van der Waals surface area (Å²) in [6.07, 6.45) is 1.68. The lowest BCUT2D eigenvalue weighted by atomic mass is 9.90. The van der Waals surface area contributed by atoms with Gasteiger partial charge < -0.3 is 5.32 Å². The normalized spacial score (nSPS) is 11.0. The van der Waals surface area contributed by atoms with Crippen molar-refractivity contribution in [2.24, 2.45) is 0 Å². The number of anilines is 1. The molecule has 2 aromatic heterocycles. The van der Waals surface area contributed by atoms with E-state index in [9.17, 15) is 9.59 Å². The quantitative estimate of drug-likeness (QED) is 0.577. The molecule has 0 saturated heterocycles. The fraction of sp³-hybridized carbons (Fsp3) is 0.125. The van der Waals surface area contributed by atoms with Gasteiger partial charge in [0, 0.05) is 6.20 Å². The molecule has 0 saturated carbocycles. The van der Waals surface area contributed by atoms with E-state index < -0.39 is 5.92 Å². The van der Waals surface area contributed by atoms with E-state index in [0.29, 0.717) is 11.3 Å². The first-order chi connectivity index (χ1) is 14.0. The summed E-state index contributed by atoms with van der Waals surface area (Å²) in [4.78, 5) is 30.8. The number of hydrogen-bond donors (Lipinski definition) is 1. The fourth-order valence-electron chi connectivity index (χ4n) is 3.48. The van der Waals surface area contributed by atoms with E-state index >= 15 is 0 Å². The predicted octanol–water partition coefficient (Wildman–Crippen LogP) is 4.08. The second-order valence-electron chi connectivity index (χ2n) is 7.05. The van der Waals surface area contributed by atoms with Crippen LogP contribution in [0.3, 0.4) is 0 Å². The molecular formula is C24H21N3O2. The van der Waals surface area contributed by atoms with Crippen molar-refractivity contribution in [2.75, 3.05) is 5.32 Å². The second kappa shape index (κ2) is 7.72. The Morgan fingerprint density at radius 2 is 1.52 bits per heavy atom. The minimum absolute atomic E-state index is 0.202. The van der Waals surface area contributed by atoms with Gasteiger partial charge in [0.1, 0.15) is 11.3 Å². The van der Waals surface area contributed by atoms with Crippen LogP contribution in [0.5, 0.6) is 0 Å². The summed E-state index contributed by atoms with van der Waals surface area (Å²) in [5.41, 5.74) is 3.70. The minimum atomic E-state index is -0.532. The Kier molecular flexibility index (Phi) is 4.96. The molecule has 0 aliphatic carbocycles. The lowest BCUT2D eigenvalue weighted by Crippen LogP contribution is -2.28. The van der Waals surface area contributed by atoms with Crippen LogP contribution in [-0.4, -0.2) is 15.3 Å². The third-order valence-corrected chi connectivity index (χ3v) is 4.94. The Balaban J connectivity index is 1.77. The molecule has 0 bridgehead atoms. The van der Waals surface area contributed by atoms with Gasteiger partial charge in [-0.15, -0.1) is 0 Å². The van der Waals surface area contributed by atoms with Crippen LogP contribution in [0.25, 0.3) is 5.65 Å².